The molecular formula is C13H10BrClN2O2. The first-order valence-electron chi connectivity index (χ1n) is 5.32. The van der Waals surface area contributed by atoms with E-state index < -0.39 is 5.97 Å². The van der Waals surface area contributed by atoms with Crippen LogP contribution in [0.4, 0.5) is 17.1 Å². The topological polar surface area (TPSA) is 75.4 Å². The molecule has 0 radical (unpaired) electrons. The second-order valence-electron chi connectivity index (χ2n) is 3.86. The van der Waals surface area contributed by atoms with Crippen LogP contribution in [-0.2, 0) is 0 Å². The molecule has 2 aromatic carbocycles. The Balaban J connectivity index is 2.45. The Labute approximate surface area is 123 Å². The van der Waals surface area contributed by atoms with Crippen LogP contribution in [0.15, 0.2) is 40.9 Å². The van der Waals surface area contributed by atoms with Crippen molar-refractivity contribution in [3.63, 3.8) is 0 Å². The molecule has 0 heterocycles. The third kappa shape index (κ3) is 3.19. The summed E-state index contributed by atoms with van der Waals surface area (Å²) < 4.78 is 0.774. The molecule has 0 saturated heterocycles. The van der Waals surface area contributed by atoms with E-state index in [0.717, 1.165) is 4.47 Å². The predicted molar refractivity (Wildman–Crippen MR) is 80.2 cm³/mol. The monoisotopic (exact) mass is 340 g/mol. The minimum atomic E-state index is -1.03. The number of nitrogen functional groups attached to an aromatic ring is 1. The van der Waals surface area contributed by atoms with E-state index in [1.165, 1.54) is 6.07 Å². The molecule has 0 aliphatic rings. The molecule has 0 aromatic heterocycles. The van der Waals surface area contributed by atoms with Gasteiger partial charge in [-0.15, -0.1) is 0 Å². The minimum absolute atomic E-state index is 0.140. The fraction of sp³-hybridized carbons (Fsp3) is 0. The van der Waals surface area contributed by atoms with Gasteiger partial charge in [0.15, 0.2) is 0 Å². The van der Waals surface area contributed by atoms with Crippen molar-refractivity contribution in [2.45, 2.75) is 0 Å². The molecule has 2 rings (SSSR count). The molecule has 0 saturated carbocycles. The second kappa shape index (κ2) is 5.50. The number of halogens is 2. The number of carboxylic acid groups (broad SMARTS) is 1. The van der Waals surface area contributed by atoms with Crippen LogP contribution in [0.2, 0.25) is 5.02 Å². The number of nitrogens with two attached hydrogens (primary N) is 1. The van der Waals surface area contributed by atoms with Crippen LogP contribution in [-0.4, -0.2) is 11.1 Å². The van der Waals surface area contributed by atoms with E-state index in [0.29, 0.717) is 22.1 Å². The quantitative estimate of drug-likeness (QED) is 0.734. The van der Waals surface area contributed by atoms with Crippen LogP contribution >= 0.6 is 27.5 Å². The van der Waals surface area contributed by atoms with Crippen molar-refractivity contribution in [1.29, 1.82) is 0 Å². The van der Waals surface area contributed by atoms with E-state index in [4.69, 9.17) is 22.4 Å². The van der Waals surface area contributed by atoms with Gasteiger partial charge in [0.1, 0.15) is 0 Å². The maximum absolute atomic E-state index is 11.2. The highest BCUT2D eigenvalue weighted by molar-refractivity contribution is 9.10. The van der Waals surface area contributed by atoms with Gasteiger partial charge in [-0.05, 0) is 52.3 Å². The maximum Gasteiger partial charge on any atom is 0.337 e. The number of anilines is 3. The first kappa shape index (κ1) is 13.7. The van der Waals surface area contributed by atoms with Gasteiger partial charge in [-0.1, -0.05) is 11.6 Å². The summed E-state index contributed by atoms with van der Waals surface area (Å²) in [6.07, 6.45) is 0. The first-order chi connectivity index (χ1) is 8.97. The molecule has 4 N–H and O–H groups in total. The average Bonchev–Trinajstić information content (AvgIpc) is 2.33. The Hall–Kier alpha value is -1.72. The van der Waals surface area contributed by atoms with Gasteiger partial charge in [0.2, 0.25) is 0 Å². The molecule has 0 bridgehead atoms. The molecule has 19 heavy (non-hydrogen) atoms. The van der Waals surface area contributed by atoms with E-state index >= 15 is 0 Å². The summed E-state index contributed by atoms with van der Waals surface area (Å²) in [4.78, 5) is 11.2. The van der Waals surface area contributed by atoms with Crippen LogP contribution in [0.25, 0.3) is 0 Å². The Morgan fingerprint density at radius 1 is 1.21 bits per heavy atom. The molecule has 0 spiro atoms. The Morgan fingerprint density at radius 2 is 1.95 bits per heavy atom. The van der Waals surface area contributed by atoms with Crippen molar-refractivity contribution >= 4 is 50.6 Å². The van der Waals surface area contributed by atoms with Crippen molar-refractivity contribution < 1.29 is 9.90 Å². The summed E-state index contributed by atoms with van der Waals surface area (Å²) in [6, 6.07) is 9.77. The lowest BCUT2D eigenvalue weighted by Crippen LogP contribution is -2.04. The largest absolute Gasteiger partial charge is 0.478 e. The molecule has 0 aliphatic heterocycles. The molecular weight excluding hydrogens is 332 g/mol. The fourth-order valence-corrected chi connectivity index (χ4v) is 2.11. The zero-order valence-electron chi connectivity index (χ0n) is 9.65. The molecule has 0 atom stereocenters. The molecule has 0 amide bonds. The second-order valence-corrected chi connectivity index (χ2v) is 5.15. The number of benzene rings is 2. The van der Waals surface area contributed by atoms with E-state index in [9.17, 15) is 4.79 Å². The lowest BCUT2D eigenvalue weighted by Gasteiger charge is -2.12. The van der Waals surface area contributed by atoms with Crippen molar-refractivity contribution in [3.05, 3.63) is 51.5 Å². The molecule has 0 unspecified atom stereocenters. The molecule has 0 fully saturated rings. The normalized spacial score (nSPS) is 10.2. The molecule has 4 nitrogen and oxygen atoms in total. The molecule has 98 valence electrons. The lowest BCUT2D eigenvalue weighted by atomic mass is 10.1. The van der Waals surface area contributed by atoms with Gasteiger partial charge in [0, 0.05) is 15.2 Å². The minimum Gasteiger partial charge on any atom is -0.478 e. The van der Waals surface area contributed by atoms with Gasteiger partial charge in [0.05, 0.1) is 16.9 Å². The SMILES string of the molecule is Nc1ccc(C(=O)O)c(Nc2cc(Cl)ccc2Br)c1. The van der Waals surface area contributed by atoms with Gasteiger partial charge < -0.3 is 16.2 Å². The number of hydrogen-bond acceptors (Lipinski definition) is 3. The highest BCUT2D eigenvalue weighted by atomic mass is 79.9. The van der Waals surface area contributed by atoms with E-state index in [2.05, 4.69) is 21.2 Å². The van der Waals surface area contributed by atoms with Gasteiger partial charge in [-0.3, -0.25) is 0 Å². The van der Waals surface area contributed by atoms with E-state index in [1.807, 2.05) is 0 Å². The van der Waals surface area contributed by atoms with Gasteiger partial charge in [-0.2, -0.15) is 0 Å². The molecule has 0 aliphatic carbocycles. The van der Waals surface area contributed by atoms with Crippen molar-refractivity contribution in [2.24, 2.45) is 0 Å². The van der Waals surface area contributed by atoms with Crippen molar-refractivity contribution in [1.82, 2.24) is 0 Å². The van der Waals surface area contributed by atoms with Crippen molar-refractivity contribution in [2.75, 3.05) is 11.1 Å². The number of nitrogens with one attached hydrogen (secondary N) is 1. The number of carboxylic acids is 1. The van der Waals surface area contributed by atoms with Gasteiger partial charge >= 0.3 is 5.97 Å². The Bertz CT molecular complexity index is 647. The smallest absolute Gasteiger partial charge is 0.337 e. The van der Waals surface area contributed by atoms with Gasteiger partial charge in [0.25, 0.3) is 0 Å². The number of hydrogen-bond donors (Lipinski definition) is 3. The highest BCUT2D eigenvalue weighted by Gasteiger charge is 2.11. The zero-order valence-corrected chi connectivity index (χ0v) is 12.0. The third-order valence-electron chi connectivity index (χ3n) is 2.47. The maximum atomic E-state index is 11.2. The van der Waals surface area contributed by atoms with Crippen LogP contribution in [0.3, 0.4) is 0 Å². The summed E-state index contributed by atoms with van der Waals surface area (Å²) in [5, 5.41) is 12.7. The lowest BCUT2D eigenvalue weighted by molar-refractivity contribution is 0.0698. The van der Waals surface area contributed by atoms with Crippen LogP contribution < -0.4 is 11.1 Å². The van der Waals surface area contributed by atoms with Crippen LogP contribution in [0.5, 0.6) is 0 Å². The van der Waals surface area contributed by atoms with Crippen molar-refractivity contribution in [3.8, 4) is 0 Å². The fourth-order valence-electron chi connectivity index (χ4n) is 1.59. The Morgan fingerprint density at radius 3 is 2.63 bits per heavy atom. The standard InChI is InChI=1S/C13H10BrClN2O2/c14-10-4-1-7(15)5-12(10)17-11-6-8(16)2-3-9(11)13(18)19/h1-6,17H,16H2,(H,18,19). The molecule has 2 aromatic rings. The third-order valence-corrected chi connectivity index (χ3v) is 3.40. The highest BCUT2D eigenvalue weighted by Crippen LogP contribution is 2.31. The number of aromatic carboxylic acids is 1. The Kier molecular flexibility index (Phi) is 3.97. The summed E-state index contributed by atoms with van der Waals surface area (Å²) >= 11 is 9.28. The number of carbonyl (C=O) groups is 1. The number of rotatable bonds is 3. The van der Waals surface area contributed by atoms with Gasteiger partial charge in [-0.25, -0.2) is 4.79 Å². The van der Waals surface area contributed by atoms with E-state index in [-0.39, 0.29) is 5.56 Å². The summed E-state index contributed by atoms with van der Waals surface area (Å²) in [6.45, 7) is 0. The van der Waals surface area contributed by atoms with Crippen LogP contribution in [0, 0.1) is 0 Å². The summed E-state index contributed by atoms with van der Waals surface area (Å²) in [5.74, 6) is -1.03. The zero-order chi connectivity index (χ0) is 14.0. The predicted octanol–water partition coefficient (Wildman–Crippen LogP) is 4.13. The first-order valence-corrected chi connectivity index (χ1v) is 6.49. The van der Waals surface area contributed by atoms with E-state index in [1.54, 1.807) is 30.3 Å². The molecule has 6 heteroatoms. The summed E-state index contributed by atoms with van der Waals surface area (Å²) in [7, 11) is 0. The summed E-state index contributed by atoms with van der Waals surface area (Å²) in [5.41, 5.74) is 7.38. The average molecular weight is 342 g/mol. The van der Waals surface area contributed by atoms with Crippen LogP contribution in [0.1, 0.15) is 10.4 Å².